The van der Waals surface area contributed by atoms with E-state index < -0.39 is 15.7 Å². The summed E-state index contributed by atoms with van der Waals surface area (Å²) in [6.07, 6.45) is 5.72. The second kappa shape index (κ2) is 7.13. The Bertz CT molecular complexity index is 983. The van der Waals surface area contributed by atoms with Crippen LogP contribution in [0.5, 0.6) is 0 Å². The van der Waals surface area contributed by atoms with Gasteiger partial charge >= 0.3 is 10.1 Å². The van der Waals surface area contributed by atoms with Crippen molar-refractivity contribution in [1.29, 1.82) is 0 Å². The van der Waals surface area contributed by atoms with E-state index in [1.54, 1.807) is 0 Å². The predicted molar refractivity (Wildman–Crippen MR) is 111 cm³/mol. The van der Waals surface area contributed by atoms with E-state index in [9.17, 15) is 18.3 Å². The number of aliphatic hydroxyl groups is 1. The molecule has 0 unspecified atom stereocenters. The summed E-state index contributed by atoms with van der Waals surface area (Å²) >= 11 is 0. The molecule has 2 saturated carbocycles. The van der Waals surface area contributed by atoms with Crippen molar-refractivity contribution in [1.82, 2.24) is 5.32 Å². The number of nitrogens with one attached hydrogen (secondary N) is 1. The standard InChI is InChI=1S/C22H29NO5S/c1-13-10-14(2)18(17(11-13)16-4-5-16)19-20(28-29(3,26)27)22(23-21(19)25)8-6-15(12-24)7-9-22/h10-11,15-16,24H,4-9,12H2,1-3H3,(H,23,25). The Hall–Kier alpha value is -1.86. The topological polar surface area (TPSA) is 92.7 Å². The Morgan fingerprint density at radius 1 is 1.17 bits per heavy atom. The molecule has 1 spiro atoms. The molecular formula is C22H29NO5S. The first-order valence-corrected chi connectivity index (χ1v) is 12.1. The quantitative estimate of drug-likeness (QED) is 0.716. The fraction of sp³-hybridized carbons (Fsp3) is 0.591. The molecule has 2 fully saturated rings. The highest BCUT2D eigenvalue weighted by Crippen LogP contribution is 2.49. The minimum Gasteiger partial charge on any atom is -0.396 e. The summed E-state index contributed by atoms with van der Waals surface area (Å²) in [5.74, 6) is 0.560. The molecule has 158 valence electrons. The van der Waals surface area contributed by atoms with Crippen molar-refractivity contribution in [3.05, 3.63) is 40.1 Å². The molecule has 0 atom stereocenters. The zero-order chi connectivity index (χ0) is 21.0. The number of rotatable bonds is 5. The van der Waals surface area contributed by atoms with Gasteiger partial charge in [0, 0.05) is 6.61 Å². The van der Waals surface area contributed by atoms with Crippen molar-refractivity contribution < 1.29 is 22.5 Å². The number of carbonyl (C=O) groups excluding carboxylic acids is 1. The highest BCUT2D eigenvalue weighted by molar-refractivity contribution is 7.86. The van der Waals surface area contributed by atoms with E-state index in [0.717, 1.165) is 41.4 Å². The van der Waals surface area contributed by atoms with E-state index in [4.69, 9.17) is 4.18 Å². The average Bonchev–Trinajstić information content (AvgIpc) is 3.43. The van der Waals surface area contributed by atoms with Crippen LogP contribution >= 0.6 is 0 Å². The van der Waals surface area contributed by atoms with Crippen molar-refractivity contribution in [3.8, 4) is 0 Å². The normalized spacial score (nSPS) is 27.4. The van der Waals surface area contributed by atoms with E-state index in [-0.39, 0.29) is 24.2 Å². The number of amides is 1. The van der Waals surface area contributed by atoms with Crippen molar-refractivity contribution in [2.75, 3.05) is 12.9 Å². The van der Waals surface area contributed by atoms with Gasteiger partial charge in [-0.3, -0.25) is 4.79 Å². The molecule has 1 amide bonds. The third-order valence-corrected chi connectivity index (χ3v) is 6.94. The first-order valence-electron chi connectivity index (χ1n) is 10.3. The lowest BCUT2D eigenvalue weighted by Crippen LogP contribution is -2.48. The molecule has 1 heterocycles. The molecule has 3 aliphatic rings. The minimum atomic E-state index is -3.80. The van der Waals surface area contributed by atoms with Crippen molar-refractivity contribution in [2.45, 2.75) is 63.8 Å². The van der Waals surface area contributed by atoms with Crippen molar-refractivity contribution in [2.24, 2.45) is 5.92 Å². The maximum absolute atomic E-state index is 13.2. The Morgan fingerprint density at radius 3 is 2.38 bits per heavy atom. The summed E-state index contributed by atoms with van der Waals surface area (Å²) in [4.78, 5) is 13.2. The molecule has 4 rings (SSSR count). The molecular weight excluding hydrogens is 390 g/mol. The monoisotopic (exact) mass is 419 g/mol. The second-order valence-corrected chi connectivity index (χ2v) is 10.5. The van der Waals surface area contributed by atoms with Gasteiger partial charge in [0.25, 0.3) is 5.91 Å². The summed E-state index contributed by atoms with van der Waals surface area (Å²) < 4.78 is 29.8. The minimum absolute atomic E-state index is 0.103. The van der Waals surface area contributed by atoms with Gasteiger partial charge < -0.3 is 14.6 Å². The molecule has 29 heavy (non-hydrogen) atoms. The number of hydrogen-bond acceptors (Lipinski definition) is 5. The van der Waals surface area contributed by atoms with Gasteiger partial charge in [0.2, 0.25) is 0 Å². The highest BCUT2D eigenvalue weighted by atomic mass is 32.2. The summed E-state index contributed by atoms with van der Waals surface area (Å²) in [6.45, 7) is 4.11. The summed E-state index contributed by atoms with van der Waals surface area (Å²) in [6, 6.07) is 4.15. The molecule has 0 radical (unpaired) electrons. The maximum atomic E-state index is 13.2. The maximum Gasteiger partial charge on any atom is 0.306 e. The van der Waals surface area contributed by atoms with Crippen LogP contribution in [0.25, 0.3) is 5.57 Å². The van der Waals surface area contributed by atoms with Gasteiger partial charge in [-0.05, 0) is 80.9 Å². The van der Waals surface area contributed by atoms with Crippen LogP contribution in [-0.4, -0.2) is 37.8 Å². The van der Waals surface area contributed by atoms with E-state index >= 15 is 0 Å². The zero-order valence-electron chi connectivity index (χ0n) is 17.2. The summed E-state index contributed by atoms with van der Waals surface area (Å²) in [5, 5.41) is 12.6. The molecule has 1 aliphatic heterocycles. The average molecular weight is 420 g/mol. The van der Waals surface area contributed by atoms with E-state index in [1.807, 2.05) is 19.9 Å². The predicted octanol–water partition coefficient (Wildman–Crippen LogP) is 2.92. The lowest BCUT2D eigenvalue weighted by molar-refractivity contribution is -0.116. The summed E-state index contributed by atoms with van der Waals surface area (Å²) in [5.41, 5.74) is 3.60. The molecule has 0 bridgehead atoms. The van der Waals surface area contributed by atoms with Gasteiger partial charge in [0.05, 0.1) is 11.8 Å². The van der Waals surface area contributed by atoms with Gasteiger partial charge in [-0.25, -0.2) is 0 Å². The fourth-order valence-electron chi connectivity index (χ4n) is 4.94. The van der Waals surface area contributed by atoms with Gasteiger partial charge in [-0.2, -0.15) is 8.42 Å². The first kappa shape index (κ1) is 20.4. The molecule has 6 nitrogen and oxygen atoms in total. The van der Waals surface area contributed by atoms with Crippen LogP contribution in [-0.2, 0) is 19.1 Å². The summed E-state index contributed by atoms with van der Waals surface area (Å²) in [7, 11) is -3.80. The van der Waals surface area contributed by atoms with Crippen LogP contribution in [0.4, 0.5) is 0 Å². The first-order chi connectivity index (χ1) is 13.6. The lowest BCUT2D eigenvalue weighted by atomic mass is 9.75. The SMILES string of the molecule is Cc1cc(C)c(C2=C(OS(C)(=O)=O)C3(CCC(CO)CC3)NC2=O)c(C2CC2)c1. The zero-order valence-corrected chi connectivity index (χ0v) is 18.1. The highest BCUT2D eigenvalue weighted by Gasteiger charge is 2.51. The third kappa shape index (κ3) is 3.82. The van der Waals surface area contributed by atoms with Gasteiger partial charge in [0.15, 0.2) is 5.76 Å². The molecule has 1 aromatic rings. The number of hydrogen-bond donors (Lipinski definition) is 2. The Labute approximate surface area is 172 Å². The molecule has 1 aromatic carbocycles. The lowest BCUT2D eigenvalue weighted by Gasteiger charge is -2.37. The number of aryl methyl sites for hydroxylation is 2. The van der Waals surface area contributed by atoms with E-state index in [0.29, 0.717) is 37.2 Å². The van der Waals surface area contributed by atoms with Crippen LogP contribution in [0.2, 0.25) is 0 Å². The smallest absolute Gasteiger partial charge is 0.306 e. The third-order valence-electron chi connectivity index (χ3n) is 6.47. The molecule has 2 aliphatic carbocycles. The largest absolute Gasteiger partial charge is 0.396 e. The Morgan fingerprint density at radius 2 is 1.83 bits per heavy atom. The van der Waals surface area contributed by atoms with Crippen molar-refractivity contribution in [3.63, 3.8) is 0 Å². The van der Waals surface area contributed by atoms with Crippen molar-refractivity contribution >= 4 is 21.6 Å². The number of aliphatic hydroxyl groups excluding tert-OH is 1. The number of carbonyl (C=O) groups is 1. The fourth-order valence-corrected chi connectivity index (χ4v) is 5.49. The van der Waals surface area contributed by atoms with E-state index in [1.165, 1.54) is 0 Å². The van der Waals surface area contributed by atoms with Crippen LogP contribution < -0.4 is 5.32 Å². The van der Waals surface area contributed by atoms with Crippen LogP contribution in [0, 0.1) is 19.8 Å². The van der Waals surface area contributed by atoms with Crippen LogP contribution in [0.1, 0.15) is 66.7 Å². The Kier molecular flexibility index (Phi) is 5.02. The molecule has 2 N–H and O–H groups in total. The van der Waals surface area contributed by atoms with Gasteiger partial charge in [-0.1, -0.05) is 17.7 Å². The Balaban J connectivity index is 1.90. The number of benzene rings is 1. The van der Waals surface area contributed by atoms with Gasteiger partial charge in [-0.15, -0.1) is 0 Å². The second-order valence-electron chi connectivity index (χ2n) is 8.97. The molecule has 0 saturated heterocycles. The van der Waals surface area contributed by atoms with Crippen LogP contribution in [0.15, 0.2) is 17.9 Å². The van der Waals surface area contributed by atoms with E-state index in [2.05, 4.69) is 11.4 Å². The van der Waals surface area contributed by atoms with Crippen LogP contribution in [0.3, 0.4) is 0 Å². The molecule has 7 heteroatoms. The van der Waals surface area contributed by atoms with Gasteiger partial charge in [0.1, 0.15) is 5.54 Å². The molecule has 0 aromatic heterocycles.